The predicted molar refractivity (Wildman–Crippen MR) is 40.7 cm³/mol. The lowest BCUT2D eigenvalue weighted by atomic mass is 10.0. The standard InChI is InChI=1S/C9H7F2N/c1-9(10,11)8-5-3-2-4-7(8)6-12/h2-5H,1H3. The molecule has 0 saturated carbocycles. The Labute approximate surface area is 69.2 Å². The molecule has 62 valence electrons. The van der Waals surface area contributed by atoms with Crippen LogP contribution in [-0.2, 0) is 5.92 Å². The van der Waals surface area contributed by atoms with Crippen molar-refractivity contribution in [2.45, 2.75) is 12.8 Å². The van der Waals surface area contributed by atoms with E-state index in [2.05, 4.69) is 0 Å². The third-order valence-corrected chi connectivity index (χ3v) is 1.52. The normalized spacial score (nSPS) is 10.8. The fraction of sp³-hybridized carbons (Fsp3) is 0.222. The Hall–Kier alpha value is -1.43. The molecule has 1 aromatic carbocycles. The van der Waals surface area contributed by atoms with E-state index in [0.29, 0.717) is 0 Å². The Balaban J connectivity index is 3.26. The summed E-state index contributed by atoms with van der Waals surface area (Å²) in [6.45, 7) is 0.781. The Kier molecular flexibility index (Phi) is 2.09. The summed E-state index contributed by atoms with van der Waals surface area (Å²) in [5, 5.41) is 8.50. The average molecular weight is 167 g/mol. The van der Waals surface area contributed by atoms with Crippen molar-refractivity contribution in [2.75, 3.05) is 0 Å². The van der Waals surface area contributed by atoms with Crippen LogP contribution in [0.5, 0.6) is 0 Å². The first-order chi connectivity index (χ1) is 5.55. The second-order valence-electron chi connectivity index (χ2n) is 2.55. The van der Waals surface area contributed by atoms with E-state index in [1.54, 1.807) is 12.1 Å². The summed E-state index contributed by atoms with van der Waals surface area (Å²) in [4.78, 5) is 0. The van der Waals surface area contributed by atoms with Gasteiger partial charge in [0.2, 0.25) is 0 Å². The minimum absolute atomic E-state index is 0.0324. The molecule has 1 aromatic rings. The van der Waals surface area contributed by atoms with Gasteiger partial charge in [0.25, 0.3) is 5.92 Å². The quantitative estimate of drug-likeness (QED) is 0.630. The van der Waals surface area contributed by atoms with Gasteiger partial charge in [-0.2, -0.15) is 5.26 Å². The number of hydrogen-bond donors (Lipinski definition) is 0. The van der Waals surface area contributed by atoms with Crippen molar-refractivity contribution in [1.29, 1.82) is 5.26 Å². The van der Waals surface area contributed by atoms with E-state index in [1.807, 2.05) is 0 Å². The van der Waals surface area contributed by atoms with Gasteiger partial charge in [0.1, 0.15) is 0 Å². The van der Waals surface area contributed by atoms with Gasteiger partial charge in [-0.15, -0.1) is 0 Å². The molecule has 0 radical (unpaired) electrons. The zero-order chi connectivity index (χ0) is 9.19. The van der Waals surface area contributed by atoms with Gasteiger partial charge < -0.3 is 0 Å². The van der Waals surface area contributed by atoms with E-state index < -0.39 is 5.92 Å². The molecule has 0 unspecified atom stereocenters. The van der Waals surface area contributed by atoms with Crippen molar-refractivity contribution in [1.82, 2.24) is 0 Å². The molecule has 0 amide bonds. The van der Waals surface area contributed by atoms with Crippen LogP contribution >= 0.6 is 0 Å². The Bertz CT molecular complexity index is 320. The maximum Gasteiger partial charge on any atom is 0.271 e. The molecule has 0 aromatic heterocycles. The van der Waals surface area contributed by atoms with Crippen LogP contribution in [0.2, 0.25) is 0 Å². The fourth-order valence-corrected chi connectivity index (χ4v) is 0.963. The maximum absolute atomic E-state index is 12.8. The highest BCUT2D eigenvalue weighted by atomic mass is 19.3. The van der Waals surface area contributed by atoms with Gasteiger partial charge in [-0.25, -0.2) is 8.78 Å². The van der Waals surface area contributed by atoms with Crippen molar-refractivity contribution in [3.63, 3.8) is 0 Å². The van der Waals surface area contributed by atoms with Gasteiger partial charge in [0, 0.05) is 12.5 Å². The van der Waals surface area contributed by atoms with Gasteiger partial charge in [-0.05, 0) is 6.07 Å². The summed E-state index contributed by atoms with van der Waals surface area (Å²) >= 11 is 0. The molecule has 0 aliphatic rings. The molecule has 1 rings (SSSR count). The highest BCUT2D eigenvalue weighted by Gasteiger charge is 2.26. The number of benzene rings is 1. The number of nitrogens with zero attached hydrogens (tertiary/aromatic N) is 1. The first-order valence-electron chi connectivity index (χ1n) is 3.43. The van der Waals surface area contributed by atoms with E-state index in [4.69, 9.17) is 5.26 Å². The summed E-state index contributed by atoms with van der Waals surface area (Å²) in [7, 11) is 0. The number of nitriles is 1. The first kappa shape index (κ1) is 8.66. The van der Waals surface area contributed by atoms with Crippen LogP contribution in [0.4, 0.5) is 8.78 Å². The molecular formula is C9H7F2N. The summed E-state index contributed by atoms with van der Waals surface area (Å²) in [5.41, 5.74) is -0.183. The summed E-state index contributed by atoms with van der Waals surface area (Å²) in [6.07, 6.45) is 0. The second kappa shape index (κ2) is 2.90. The summed E-state index contributed by atoms with van der Waals surface area (Å²) in [5.74, 6) is -2.94. The maximum atomic E-state index is 12.8. The molecule has 12 heavy (non-hydrogen) atoms. The molecule has 1 nitrogen and oxygen atoms in total. The van der Waals surface area contributed by atoms with Gasteiger partial charge in [0.05, 0.1) is 11.6 Å². The molecule has 0 bridgehead atoms. The average Bonchev–Trinajstić information content (AvgIpc) is 2.03. The SMILES string of the molecule is CC(F)(F)c1ccccc1C#N. The van der Waals surface area contributed by atoms with Crippen LogP contribution in [-0.4, -0.2) is 0 Å². The van der Waals surface area contributed by atoms with Gasteiger partial charge >= 0.3 is 0 Å². The molecular weight excluding hydrogens is 160 g/mol. The second-order valence-corrected chi connectivity index (χ2v) is 2.55. The fourth-order valence-electron chi connectivity index (χ4n) is 0.963. The van der Waals surface area contributed by atoms with Gasteiger partial charge in [0.15, 0.2) is 0 Å². The third kappa shape index (κ3) is 1.59. The van der Waals surface area contributed by atoms with Crippen LogP contribution in [0.15, 0.2) is 24.3 Å². The van der Waals surface area contributed by atoms with Crippen molar-refractivity contribution >= 4 is 0 Å². The minimum Gasteiger partial charge on any atom is -0.202 e. The molecule has 0 aliphatic carbocycles. The highest BCUT2D eigenvalue weighted by Crippen LogP contribution is 2.28. The number of halogens is 2. The predicted octanol–water partition coefficient (Wildman–Crippen LogP) is 2.67. The number of hydrogen-bond acceptors (Lipinski definition) is 1. The van der Waals surface area contributed by atoms with E-state index in [9.17, 15) is 8.78 Å². The molecule has 3 heteroatoms. The van der Waals surface area contributed by atoms with E-state index in [1.165, 1.54) is 18.2 Å². The zero-order valence-corrected chi connectivity index (χ0v) is 6.51. The van der Waals surface area contributed by atoms with Crippen LogP contribution < -0.4 is 0 Å². The highest BCUT2D eigenvalue weighted by molar-refractivity contribution is 5.39. The van der Waals surface area contributed by atoms with Gasteiger partial charge in [-0.1, -0.05) is 18.2 Å². The topological polar surface area (TPSA) is 23.8 Å². The van der Waals surface area contributed by atoms with Crippen LogP contribution in [0.25, 0.3) is 0 Å². The molecule has 0 atom stereocenters. The molecule has 0 aliphatic heterocycles. The van der Waals surface area contributed by atoms with E-state index >= 15 is 0 Å². The lowest BCUT2D eigenvalue weighted by Gasteiger charge is -2.11. The smallest absolute Gasteiger partial charge is 0.202 e. The molecule has 0 saturated heterocycles. The van der Waals surface area contributed by atoms with Crippen molar-refractivity contribution in [3.8, 4) is 6.07 Å². The molecule has 0 spiro atoms. The molecule has 0 heterocycles. The van der Waals surface area contributed by atoms with Gasteiger partial charge in [-0.3, -0.25) is 0 Å². The lowest BCUT2D eigenvalue weighted by molar-refractivity contribution is 0.0172. The Morgan fingerprint density at radius 1 is 1.33 bits per heavy atom. The summed E-state index contributed by atoms with van der Waals surface area (Å²) < 4.78 is 25.5. The molecule has 0 fully saturated rings. The van der Waals surface area contributed by atoms with Crippen molar-refractivity contribution in [3.05, 3.63) is 35.4 Å². The van der Waals surface area contributed by atoms with E-state index in [0.717, 1.165) is 6.92 Å². The largest absolute Gasteiger partial charge is 0.271 e. The number of alkyl halides is 2. The van der Waals surface area contributed by atoms with Crippen LogP contribution in [0, 0.1) is 11.3 Å². The monoisotopic (exact) mass is 167 g/mol. The number of rotatable bonds is 1. The molecule has 0 N–H and O–H groups in total. The van der Waals surface area contributed by atoms with Crippen molar-refractivity contribution < 1.29 is 8.78 Å². The minimum atomic E-state index is -2.94. The summed E-state index contributed by atoms with van der Waals surface area (Å²) in [6, 6.07) is 7.42. The Morgan fingerprint density at radius 2 is 1.92 bits per heavy atom. The zero-order valence-electron chi connectivity index (χ0n) is 6.51. The third-order valence-electron chi connectivity index (χ3n) is 1.52. The first-order valence-corrected chi connectivity index (χ1v) is 3.43. The van der Waals surface area contributed by atoms with Crippen LogP contribution in [0.3, 0.4) is 0 Å². The van der Waals surface area contributed by atoms with Crippen LogP contribution in [0.1, 0.15) is 18.1 Å². The van der Waals surface area contributed by atoms with E-state index in [-0.39, 0.29) is 11.1 Å². The van der Waals surface area contributed by atoms with Crippen molar-refractivity contribution in [2.24, 2.45) is 0 Å². The Morgan fingerprint density at radius 3 is 2.33 bits per heavy atom. The lowest BCUT2D eigenvalue weighted by Crippen LogP contribution is -2.08.